The Morgan fingerprint density at radius 2 is 2.00 bits per heavy atom. The van der Waals surface area contributed by atoms with Crippen molar-refractivity contribution in [3.05, 3.63) is 34.9 Å². The molecule has 0 spiro atoms. The van der Waals surface area contributed by atoms with Crippen molar-refractivity contribution in [2.75, 3.05) is 6.61 Å². The van der Waals surface area contributed by atoms with E-state index >= 15 is 0 Å². The molecule has 0 saturated carbocycles. The minimum absolute atomic E-state index is 0.207. The summed E-state index contributed by atoms with van der Waals surface area (Å²) in [6.45, 7) is 6.93. The molecule has 0 saturated heterocycles. The molecule has 0 amide bonds. The largest absolute Gasteiger partial charge is 0.463 e. The molecule has 2 N–H and O–H groups in total. The topological polar surface area (TPSA) is 47.6 Å². The van der Waals surface area contributed by atoms with Crippen LogP contribution >= 0.6 is 0 Å². The van der Waals surface area contributed by atoms with Crippen molar-refractivity contribution in [1.29, 1.82) is 0 Å². The number of benzene rings is 1. The molecule has 1 unspecified atom stereocenters. The van der Waals surface area contributed by atoms with Crippen LogP contribution < -0.4 is 5.73 Å². The minimum Gasteiger partial charge on any atom is -0.463 e. The molecule has 1 heterocycles. The maximum Gasteiger partial charge on any atom is 0.282 e. The number of rotatable bonds is 2. The Morgan fingerprint density at radius 3 is 2.50 bits per heavy atom. The molecule has 0 fully saturated rings. The van der Waals surface area contributed by atoms with E-state index in [0.717, 1.165) is 6.42 Å². The zero-order chi connectivity index (χ0) is 11.8. The first-order chi connectivity index (χ1) is 7.50. The average molecular weight is 218 g/mol. The number of aliphatic imine (C=N–C) groups is 1. The summed E-state index contributed by atoms with van der Waals surface area (Å²) in [7, 11) is 0. The Balaban J connectivity index is 2.28. The van der Waals surface area contributed by atoms with Crippen LogP contribution in [-0.4, -0.2) is 18.2 Å². The Bertz CT molecular complexity index is 419. The highest BCUT2D eigenvalue weighted by Gasteiger charge is 2.31. The van der Waals surface area contributed by atoms with E-state index in [0.29, 0.717) is 12.6 Å². The lowest BCUT2D eigenvalue weighted by Gasteiger charge is -2.20. The first kappa shape index (κ1) is 11.0. The van der Waals surface area contributed by atoms with Crippen molar-refractivity contribution >= 4 is 6.02 Å². The lowest BCUT2D eigenvalue weighted by Crippen LogP contribution is -2.27. The van der Waals surface area contributed by atoms with Crippen LogP contribution in [0.3, 0.4) is 0 Å². The fourth-order valence-corrected chi connectivity index (χ4v) is 2.16. The normalized spacial score (nSPS) is 24.1. The molecule has 3 heteroatoms. The Morgan fingerprint density at radius 1 is 1.38 bits per heavy atom. The first-order valence-corrected chi connectivity index (χ1v) is 5.53. The molecule has 86 valence electrons. The van der Waals surface area contributed by atoms with Crippen LogP contribution in [0.2, 0.25) is 0 Å². The van der Waals surface area contributed by atoms with E-state index in [1.54, 1.807) is 0 Å². The van der Waals surface area contributed by atoms with E-state index in [1.807, 2.05) is 0 Å². The highest BCUT2D eigenvalue weighted by atomic mass is 16.5. The van der Waals surface area contributed by atoms with Gasteiger partial charge in [0.15, 0.2) is 0 Å². The van der Waals surface area contributed by atoms with Crippen molar-refractivity contribution in [3.8, 4) is 0 Å². The second-order valence-electron chi connectivity index (χ2n) is 4.78. The van der Waals surface area contributed by atoms with Crippen molar-refractivity contribution in [2.45, 2.75) is 32.7 Å². The molecule has 1 aromatic rings. The highest BCUT2D eigenvalue weighted by molar-refractivity contribution is 5.73. The third-order valence-electron chi connectivity index (χ3n) is 3.11. The summed E-state index contributed by atoms with van der Waals surface area (Å²) in [6, 6.07) is 6.66. The molecule has 0 aliphatic carbocycles. The van der Waals surface area contributed by atoms with Crippen LogP contribution in [0, 0.1) is 13.8 Å². The number of hydrogen-bond acceptors (Lipinski definition) is 3. The first-order valence-electron chi connectivity index (χ1n) is 5.53. The van der Waals surface area contributed by atoms with E-state index in [-0.39, 0.29) is 5.54 Å². The van der Waals surface area contributed by atoms with Crippen LogP contribution in [0.1, 0.15) is 23.6 Å². The van der Waals surface area contributed by atoms with Crippen molar-refractivity contribution in [3.63, 3.8) is 0 Å². The van der Waals surface area contributed by atoms with E-state index < -0.39 is 0 Å². The highest BCUT2D eigenvalue weighted by Crippen LogP contribution is 2.26. The second-order valence-corrected chi connectivity index (χ2v) is 4.78. The van der Waals surface area contributed by atoms with Crippen molar-refractivity contribution in [1.82, 2.24) is 0 Å². The predicted molar refractivity (Wildman–Crippen MR) is 65.6 cm³/mol. The van der Waals surface area contributed by atoms with Gasteiger partial charge in [-0.25, -0.2) is 4.99 Å². The van der Waals surface area contributed by atoms with Gasteiger partial charge in [0.1, 0.15) is 12.1 Å². The predicted octanol–water partition coefficient (Wildman–Crippen LogP) is 1.95. The van der Waals surface area contributed by atoms with Gasteiger partial charge in [-0.15, -0.1) is 0 Å². The Labute approximate surface area is 96.3 Å². The number of ether oxygens (including phenoxy) is 1. The van der Waals surface area contributed by atoms with Gasteiger partial charge in [0, 0.05) is 6.42 Å². The molecule has 0 radical (unpaired) electrons. The van der Waals surface area contributed by atoms with Crippen molar-refractivity contribution < 1.29 is 4.74 Å². The molecule has 1 aromatic carbocycles. The lowest BCUT2D eigenvalue weighted by molar-refractivity contribution is 0.263. The van der Waals surface area contributed by atoms with Crippen molar-refractivity contribution in [2.24, 2.45) is 10.7 Å². The molecular formula is C13H18N2O. The fraction of sp³-hybridized carbons (Fsp3) is 0.462. The van der Waals surface area contributed by atoms with Crippen LogP contribution in [0.5, 0.6) is 0 Å². The summed E-state index contributed by atoms with van der Waals surface area (Å²) in [4.78, 5) is 4.37. The van der Waals surface area contributed by atoms with E-state index in [9.17, 15) is 0 Å². The standard InChI is InChI=1S/C13H18N2O/c1-9-5-4-6-10(2)11(9)7-13(3)8-16-12(14)15-13/h4-6H,7-8H2,1-3H3,(H2,14,15). The van der Waals surface area contributed by atoms with Gasteiger partial charge >= 0.3 is 0 Å². The summed E-state index contributed by atoms with van der Waals surface area (Å²) in [5.74, 6) is 0. The summed E-state index contributed by atoms with van der Waals surface area (Å²) in [5, 5.41) is 0. The number of hydrogen-bond donors (Lipinski definition) is 1. The molecule has 3 nitrogen and oxygen atoms in total. The molecule has 16 heavy (non-hydrogen) atoms. The quantitative estimate of drug-likeness (QED) is 0.824. The Hall–Kier alpha value is -1.51. The van der Waals surface area contributed by atoms with Gasteiger partial charge in [-0.1, -0.05) is 18.2 Å². The number of amidine groups is 1. The van der Waals surface area contributed by atoms with Crippen LogP contribution in [0.25, 0.3) is 0 Å². The van der Waals surface area contributed by atoms with E-state index in [4.69, 9.17) is 10.5 Å². The molecule has 2 rings (SSSR count). The number of nitrogens with two attached hydrogens (primary N) is 1. The van der Waals surface area contributed by atoms with Gasteiger partial charge in [-0.05, 0) is 37.5 Å². The lowest BCUT2D eigenvalue weighted by atomic mass is 9.89. The maximum absolute atomic E-state index is 5.57. The minimum atomic E-state index is -0.207. The molecule has 1 atom stereocenters. The van der Waals surface area contributed by atoms with Crippen LogP contribution in [-0.2, 0) is 11.2 Å². The third-order valence-corrected chi connectivity index (χ3v) is 3.11. The van der Waals surface area contributed by atoms with Gasteiger partial charge in [0.05, 0.1) is 0 Å². The summed E-state index contributed by atoms with van der Waals surface area (Å²) in [5.41, 5.74) is 9.33. The molecule has 0 aromatic heterocycles. The van der Waals surface area contributed by atoms with Gasteiger partial charge in [0.2, 0.25) is 0 Å². The maximum atomic E-state index is 5.57. The zero-order valence-electron chi connectivity index (χ0n) is 10.1. The Kier molecular flexibility index (Phi) is 2.62. The number of aryl methyl sites for hydroxylation is 2. The smallest absolute Gasteiger partial charge is 0.282 e. The van der Waals surface area contributed by atoms with Gasteiger partial charge in [-0.2, -0.15) is 0 Å². The number of nitrogens with zero attached hydrogens (tertiary/aromatic N) is 1. The second kappa shape index (κ2) is 3.81. The monoisotopic (exact) mass is 218 g/mol. The van der Waals surface area contributed by atoms with E-state index in [2.05, 4.69) is 44.0 Å². The zero-order valence-corrected chi connectivity index (χ0v) is 10.1. The molecule has 1 aliphatic heterocycles. The van der Waals surface area contributed by atoms with Gasteiger partial charge < -0.3 is 10.5 Å². The van der Waals surface area contributed by atoms with Crippen LogP contribution in [0.4, 0.5) is 0 Å². The molecule has 0 bridgehead atoms. The molecular weight excluding hydrogens is 200 g/mol. The van der Waals surface area contributed by atoms with Gasteiger partial charge in [-0.3, -0.25) is 0 Å². The van der Waals surface area contributed by atoms with E-state index in [1.165, 1.54) is 16.7 Å². The summed E-state index contributed by atoms with van der Waals surface area (Å²) >= 11 is 0. The summed E-state index contributed by atoms with van der Waals surface area (Å²) in [6.07, 6.45) is 0.881. The summed E-state index contributed by atoms with van der Waals surface area (Å²) < 4.78 is 5.25. The molecule has 1 aliphatic rings. The average Bonchev–Trinajstić information content (AvgIpc) is 2.53. The SMILES string of the molecule is Cc1cccc(C)c1CC1(C)COC(N)=N1. The third kappa shape index (κ3) is 2.03. The fourth-order valence-electron chi connectivity index (χ4n) is 2.16. The van der Waals surface area contributed by atoms with Gasteiger partial charge in [0.25, 0.3) is 6.02 Å². The van der Waals surface area contributed by atoms with Crippen LogP contribution in [0.15, 0.2) is 23.2 Å².